The molecular formula is C13H12O3S. The SMILES string of the molecule is CCCCSc1ccc2c(=O)c(=O)c(=O)c2c1. The number of fused-ring (bicyclic) bond motifs is 1. The van der Waals surface area contributed by atoms with Gasteiger partial charge in [0, 0.05) is 15.7 Å². The lowest BCUT2D eigenvalue weighted by Gasteiger charge is -1.99. The molecule has 2 rings (SSSR count). The summed E-state index contributed by atoms with van der Waals surface area (Å²) >= 11 is 1.64. The molecule has 0 aliphatic carbocycles. The summed E-state index contributed by atoms with van der Waals surface area (Å²) in [5.41, 5.74) is -2.24. The summed E-state index contributed by atoms with van der Waals surface area (Å²) in [5.74, 6) is 0.978. The molecule has 3 nitrogen and oxygen atoms in total. The topological polar surface area (TPSA) is 51.2 Å². The highest BCUT2D eigenvalue weighted by Crippen LogP contribution is 2.21. The van der Waals surface area contributed by atoms with Crippen LogP contribution in [0.5, 0.6) is 0 Å². The fourth-order valence-electron chi connectivity index (χ4n) is 1.68. The molecule has 0 saturated heterocycles. The minimum absolute atomic E-state index is 0.250. The molecule has 0 spiro atoms. The van der Waals surface area contributed by atoms with Gasteiger partial charge >= 0.3 is 0 Å². The summed E-state index contributed by atoms with van der Waals surface area (Å²) in [7, 11) is 0. The van der Waals surface area contributed by atoms with Crippen LogP contribution in [0.15, 0.2) is 37.5 Å². The van der Waals surface area contributed by atoms with E-state index in [1.165, 1.54) is 0 Å². The van der Waals surface area contributed by atoms with E-state index in [0.29, 0.717) is 0 Å². The van der Waals surface area contributed by atoms with Gasteiger partial charge in [0.1, 0.15) is 0 Å². The lowest BCUT2D eigenvalue weighted by Crippen LogP contribution is -2.29. The van der Waals surface area contributed by atoms with Crippen LogP contribution in [-0.2, 0) is 0 Å². The van der Waals surface area contributed by atoms with Gasteiger partial charge in [-0.05, 0) is 30.4 Å². The molecule has 0 fully saturated rings. The smallest absolute Gasteiger partial charge is 0.273 e. The highest BCUT2D eigenvalue weighted by atomic mass is 32.2. The van der Waals surface area contributed by atoms with E-state index in [2.05, 4.69) is 6.92 Å². The minimum atomic E-state index is -0.907. The fourth-order valence-corrected chi connectivity index (χ4v) is 2.72. The molecule has 0 radical (unpaired) electrons. The summed E-state index contributed by atoms with van der Waals surface area (Å²) in [6, 6.07) is 5.03. The van der Waals surface area contributed by atoms with Crippen molar-refractivity contribution < 1.29 is 0 Å². The van der Waals surface area contributed by atoms with Crippen molar-refractivity contribution in [3.63, 3.8) is 0 Å². The van der Waals surface area contributed by atoms with E-state index >= 15 is 0 Å². The Balaban J connectivity index is 2.44. The van der Waals surface area contributed by atoms with Crippen LogP contribution in [0.25, 0.3) is 10.8 Å². The highest BCUT2D eigenvalue weighted by Gasteiger charge is 2.12. The van der Waals surface area contributed by atoms with Gasteiger partial charge in [0.25, 0.3) is 5.43 Å². The van der Waals surface area contributed by atoms with E-state index in [-0.39, 0.29) is 10.8 Å². The average molecular weight is 248 g/mol. The number of hydrogen-bond donors (Lipinski definition) is 0. The Kier molecular flexibility index (Phi) is 3.43. The average Bonchev–Trinajstić information content (AvgIpc) is 2.55. The number of benzene rings is 1. The van der Waals surface area contributed by atoms with Crippen molar-refractivity contribution in [3.05, 3.63) is 48.9 Å². The molecule has 2 aromatic rings. The predicted octanol–water partition coefficient (Wildman–Crippen LogP) is 1.69. The van der Waals surface area contributed by atoms with Crippen molar-refractivity contribution in [2.45, 2.75) is 24.7 Å². The van der Waals surface area contributed by atoms with Gasteiger partial charge in [-0.2, -0.15) is 0 Å². The van der Waals surface area contributed by atoms with Crippen LogP contribution in [0, 0.1) is 0 Å². The zero-order chi connectivity index (χ0) is 12.4. The number of thioether (sulfide) groups is 1. The van der Waals surface area contributed by atoms with Crippen molar-refractivity contribution in [1.82, 2.24) is 0 Å². The van der Waals surface area contributed by atoms with Crippen LogP contribution in [-0.4, -0.2) is 5.75 Å². The van der Waals surface area contributed by atoms with Crippen LogP contribution in [0.4, 0.5) is 0 Å². The molecule has 88 valence electrons. The monoisotopic (exact) mass is 248 g/mol. The van der Waals surface area contributed by atoms with Gasteiger partial charge in [0.15, 0.2) is 0 Å². The Morgan fingerprint density at radius 3 is 2.41 bits per heavy atom. The molecule has 0 N–H and O–H groups in total. The van der Waals surface area contributed by atoms with E-state index in [9.17, 15) is 14.4 Å². The quantitative estimate of drug-likeness (QED) is 0.469. The van der Waals surface area contributed by atoms with E-state index in [0.717, 1.165) is 23.5 Å². The Labute approximate surface area is 102 Å². The number of unbranched alkanes of at least 4 members (excludes halogenated alkanes) is 1. The standard InChI is InChI=1S/C13H12O3S/c1-2-3-6-17-8-4-5-9-10(7-8)12(15)13(16)11(9)14/h4-5,7H,2-3,6H2,1H3. The van der Waals surface area contributed by atoms with Crippen molar-refractivity contribution in [1.29, 1.82) is 0 Å². The lowest BCUT2D eigenvalue weighted by molar-refractivity contribution is 0.896. The van der Waals surface area contributed by atoms with Gasteiger partial charge in [-0.1, -0.05) is 13.3 Å². The fraction of sp³-hybridized carbons (Fsp3) is 0.308. The van der Waals surface area contributed by atoms with Crippen molar-refractivity contribution in [2.24, 2.45) is 0 Å². The van der Waals surface area contributed by atoms with Gasteiger partial charge in [-0.25, -0.2) is 0 Å². The van der Waals surface area contributed by atoms with Crippen LogP contribution >= 0.6 is 11.8 Å². The highest BCUT2D eigenvalue weighted by molar-refractivity contribution is 7.99. The summed E-state index contributed by atoms with van der Waals surface area (Å²) in [5, 5.41) is 0.515. The van der Waals surface area contributed by atoms with Gasteiger partial charge in [0.2, 0.25) is 10.9 Å². The third-order valence-corrected chi connectivity index (χ3v) is 3.74. The van der Waals surface area contributed by atoms with Gasteiger partial charge in [-0.15, -0.1) is 11.8 Å². The normalized spacial score (nSPS) is 11.1. The van der Waals surface area contributed by atoms with Gasteiger partial charge in [0.05, 0.1) is 0 Å². The van der Waals surface area contributed by atoms with Crippen LogP contribution in [0.3, 0.4) is 0 Å². The second kappa shape index (κ2) is 4.84. The van der Waals surface area contributed by atoms with Crippen LogP contribution in [0.2, 0.25) is 0 Å². The first-order valence-corrected chi connectivity index (χ1v) is 6.54. The molecule has 0 heterocycles. The first-order valence-electron chi connectivity index (χ1n) is 5.55. The zero-order valence-corrected chi connectivity index (χ0v) is 10.3. The predicted molar refractivity (Wildman–Crippen MR) is 70.8 cm³/mol. The third kappa shape index (κ3) is 2.17. The number of hydrogen-bond acceptors (Lipinski definition) is 4. The summed E-state index contributed by atoms with van der Waals surface area (Å²) in [6.07, 6.45) is 2.22. The lowest BCUT2D eigenvalue weighted by atomic mass is 10.2. The molecular weight excluding hydrogens is 236 g/mol. The van der Waals surface area contributed by atoms with Gasteiger partial charge in [-0.3, -0.25) is 14.4 Å². The Morgan fingerprint density at radius 1 is 1.00 bits per heavy atom. The minimum Gasteiger partial charge on any atom is -0.285 e. The Hall–Kier alpha value is -1.42. The second-order valence-electron chi connectivity index (χ2n) is 3.90. The first-order chi connectivity index (χ1) is 8.15. The van der Waals surface area contributed by atoms with Crippen molar-refractivity contribution in [3.8, 4) is 0 Å². The summed E-state index contributed by atoms with van der Waals surface area (Å²) in [4.78, 5) is 35.1. The first kappa shape index (κ1) is 12.0. The van der Waals surface area contributed by atoms with Crippen LogP contribution in [0.1, 0.15) is 19.8 Å². The Bertz CT molecular complexity index is 681. The van der Waals surface area contributed by atoms with Crippen LogP contribution < -0.4 is 16.3 Å². The van der Waals surface area contributed by atoms with Crippen molar-refractivity contribution >= 4 is 22.5 Å². The Morgan fingerprint density at radius 2 is 1.71 bits per heavy atom. The molecule has 0 aliphatic rings. The molecule has 0 aromatic heterocycles. The van der Waals surface area contributed by atoms with E-state index in [1.807, 2.05) is 0 Å². The summed E-state index contributed by atoms with van der Waals surface area (Å²) < 4.78 is 0. The maximum atomic E-state index is 11.5. The molecule has 2 aromatic carbocycles. The number of rotatable bonds is 4. The maximum Gasteiger partial charge on any atom is 0.273 e. The molecule has 0 aliphatic heterocycles. The van der Waals surface area contributed by atoms with E-state index in [1.54, 1.807) is 30.0 Å². The van der Waals surface area contributed by atoms with E-state index < -0.39 is 16.3 Å². The molecule has 17 heavy (non-hydrogen) atoms. The molecule has 4 heteroatoms. The molecule has 0 amide bonds. The molecule has 0 bridgehead atoms. The molecule has 0 atom stereocenters. The third-order valence-electron chi connectivity index (χ3n) is 2.66. The van der Waals surface area contributed by atoms with Gasteiger partial charge < -0.3 is 0 Å². The van der Waals surface area contributed by atoms with E-state index in [4.69, 9.17) is 0 Å². The summed E-state index contributed by atoms with van der Waals surface area (Å²) in [6.45, 7) is 2.12. The largest absolute Gasteiger partial charge is 0.285 e. The molecule has 0 saturated carbocycles. The zero-order valence-electron chi connectivity index (χ0n) is 9.49. The van der Waals surface area contributed by atoms with Crippen molar-refractivity contribution in [2.75, 3.05) is 5.75 Å². The second-order valence-corrected chi connectivity index (χ2v) is 5.07. The maximum absolute atomic E-state index is 11.5. The molecule has 0 unspecified atom stereocenters.